The minimum atomic E-state index is -0.985. The SMILES string of the molecule is COc1ccc(C[C@@H](C=C[C@H](Cc2ccccc2)C(=O)O)C(=O)O)cc1. The van der Waals surface area contributed by atoms with E-state index in [9.17, 15) is 19.8 Å². The van der Waals surface area contributed by atoms with E-state index in [0.717, 1.165) is 11.1 Å². The molecule has 0 saturated heterocycles. The van der Waals surface area contributed by atoms with Crippen LogP contribution in [0.2, 0.25) is 0 Å². The number of carboxylic acids is 2. The lowest BCUT2D eigenvalue weighted by Crippen LogP contribution is -2.17. The fourth-order valence-electron chi connectivity index (χ4n) is 2.63. The Morgan fingerprint density at radius 3 is 1.73 bits per heavy atom. The van der Waals surface area contributed by atoms with Gasteiger partial charge in [0.1, 0.15) is 5.75 Å². The second kappa shape index (κ2) is 9.42. The van der Waals surface area contributed by atoms with Crippen LogP contribution in [0.4, 0.5) is 0 Å². The molecular weight excluding hydrogens is 332 g/mol. The molecule has 2 aromatic carbocycles. The molecule has 2 aromatic rings. The molecule has 136 valence electrons. The molecule has 0 amide bonds. The Morgan fingerprint density at radius 2 is 1.31 bits per heavy atom. The highest BCUT2D eigenvalue weighted by atomic mass is 16.5. The summed E-state index contributed by atoms with van der Waals surface area (Å²) in [6.07, 6.45) is 3.57. The lowest BCUT2D eigenvalue weighted by molar-refractivity contribution is -0.141. The van der Waals surface area contributed by atoms with Crippen LogP contribution in [0.5, 0.6) is 5.75 Å². The lowest BCUT2D eigenvalue weighted by atomic mass is 9.94. The second-order valence-electron chi connectivity index (χ2n) is 6.02. The summed E-state index contributed by atoms with van der Waals surface area (Å²) in [5.74, 6) is -2.82. The van der Waals surface area contributed by atoms with E-state index in [-0.39, 0.29) is 6.42 Å². The minimum absolute atomic E-state index is 0.285. The van der Waals surface area contributed by atoms with Gasteiger partial charge in [-0.1, -0.05) is 54.6 Å². The van der Waals surface area contributed by atoms with Crippen molar-refractivity contribution in [3.05, 3.63) is 77.9 Å². The molecule has 2 rings (SSSR count). The van der Waals surface area contributed by atoms with Crippen LogP contribution in [0.3, 0.4) is 0 Å². The molecule has 2 N–H and O–H groups in total. The van der Waals surface area contributed by atoms with Crippen LogP contribution < -0.4 is 4.74 Å². The maximum Gasteiger partial charge on any atom is 0.310 e. The number of methoxy groups -OCH3 is 1. The largest absolute Gasteiger partial charge is 0.497 e. The molecule has 26 heavy (non-hydrogen) atoms. The predicted molar refractivity (Wildman–Crippen MR) is 98.2 cm³/mol. The van der Waals surface area contributed by atoms with Gasteiger partial charge in [0.25, 0.3) is 0 Å². The summed E-state index contributed by atoms with van der Waals surface area (Å²) in [7, 11) is 1.57. The maximum atomic E-state index is 11.5. The van der Waals surface area contributed by atoms with Crippen LogP contribution in [0.15, 0.2) is 66.7 Å². The van der Waals surface area contributed by atoms with Crippen molar-refractivity contribution in [1.82, 2.24) is 0 Å². The zero-order chi connectivity index (χ0) is 18.9. The number of benzene rings is 2. The standard InChI is InChI=1S/C21H22O5/c1-26-19-11-7-16(8-12-19)14-18(21(24)25)10-9-17(20(22)23)13-15-5-3-2-4-6-15/h2-12,17-18H,13-14H2,1H3,(H,22,23)(H,24,25)/t17-,18-/m1/s1. The van der Waals surface area contributed by atoms with Gasteiger partial charge in [0, 0.05) is 0 Å². The molecule has 5 heteroatoms. The third kappa shape index (κ3) is 5.77. The molecule has 0 aliphatic heterocycles. The van der Waals surface area contributed by atoms with Gasteiger partial charge >= 0.3 is 11.9 Å². The van der Waals surface area contributed by atoms with Gasteiger partial charge in [-0.2, -0.15) is 0 Å². The fraction of sp³-hybridized carbons (Fsp3) is 0.238. The van der Waals surface area contributed by atoms with Gasteiger partial charge in [0.15, 0.2) is 0 Å². The Hall–Kier alpha value is -3.08. The van der Waals surface area contributed by atoms with Gasteiger partial charge < -0.3 is 14.9 Å². The van der Waals surface area contributed by atoms with E-state index in [1.54, 1.807) is 31.4 Å². The normalized spacial score (nSPS) is 13.3. The third-order valence-electron chi connectivity index (χ3n) is 4.12. The summed E-state index contributed by atoms with van der Waals surface area (Å²) in [4.78, 5) is 23.0. The van der Waals surface area contributed by atoms with Crippen LogP contribution >= 0.6 is 0 Å². The van der Waals surface area contributed by atoms with Crippen LogP contribution in [0.25, 0.3) is 0 Å². The molecule has 0 bridgehead atoms. The molecule has 5 nitrogen and oxygen atoms in total. The lowest BCUT2D eigenvalue weighted by Gasteiger charge is -2.11. The van der Waals surface area contributed by atoms with Crippen molar-refractivity contribution in [2.24, 2.45) is 11.8 Å². The van der Waals surface area contributed by atoms with Crippen LogP contribution in [-0.4, -0.2) is 29.3 Å². The van der Waals surface area contributed by atoms with Gasteiger partial charge in [-0.05, 0) is 36.1 Å². The molecule has 0 fully saturated rings. The number of aliphatic carboxylic acids is 2. The quantitative estimate of drug-likeness (QED) is 0.674. The van der Waals surface area contributed by atoms with Gasteiger partial charge in [-0.15, -0.1) is 0 Å². The predicted octanol–water partition coefficient (Wildman–Crippen LogP) is 3.44. The number of carbonyl (C=O) groups is 2. The summed E-state index contributed by atoms with van der Waals surface area (Å²) in [6, 6.07) is 16.4. The molecule has 0 saturated carbocycles. The van der Waals surface area contributed by atoms with Crippen LogP contribution in [0.1, 0.15) is 11.1 Å². The summed E-state index contributed by atoms with van der Waals surface area (Å²) in [6.45, 7) is 0. The van der Waals surface area contributed by atoms with Crippen LogP contribution in [0, 0.1) is 11.8 Å². The zero-order valence-corrected chi connectivity index (χ0v) is 14.5. The highest BCUT2D eigenvalue weighted by Crippen LogP contribution is 2.17. The summed E-state index contributed by atoms with van der Waals surface area (Å²) in [5, 5.41) is 18.9. The monoisotopic (exact) mass is 354 g/mol. The Bertz CT molecular complexity index is 750. The van der Waals surface area contributed by atoms with Crippen molar-refractivity contribution in [2.75, 3.05) is 7.11 Å². The first kappa shape index (κ1) is 19.2. The van der Waals surface area contributed by atoms with Crippen molar-refractivity contribution < 1.29 is 24.5 Å². The van der Waals surface area contributed by atoms with Crippen LogP contribution in [-0.2, 0) is 22.4 Å². The summed E-state index contributed by atoms with van der Waals surface area (Å²) in [5.41, 5.74) is 1.74. The number of ether oxygens (including phenoxy) is 1. The first-order chi connectivity index (χ1) is 12.5. The average molecular weight is 354 g/mol. The molecule has 0 radical (unpaired) electrons. The molecule has 2 atom stereocenters. The first-order valence-electron chi connectivity index (χ1n) is 8.30. The molecular formula is C21H22O5. The van der Waals surface area contributed by atoms with Crippen molar-refractivity contribution in [1.29, 1.82) is 0 Å². The molecule has 0 aliphatic carbocycles. The van der Waals surface area contributed by atoms with E-state index in [1.165, 1.54) is 12.2 Å². The van der Waals surface area contributed by atoms with E-state index >= 15 is 0 Å². The topological polar surface area (TPSA) is 83.8 Å². The molecule has 0 spiro atoms. The van der Waals surface area contributed by atoms with E-state index < -0.39 is 23.8 Å². The van der Waals surface area contributed by atoms with Gasteiger partial charge in [-0.3, -0.25) is 9.59 Å². The Balaban J connectivity index is 2.09. The van der Waals surface area contributed by atoms with E-state index in [4.69, 9.17) is 4.74 Å². The van der Waals surface area contributed by atoms with Gasteiger partial charge in [0.05, 0.1) is 18.9 Å². The van der Waals surface area contributed by atoms with Crippen molar-refractivity contribution in [3.63, 3.8) is 0 Å². The Labute approximate surface area is 152 Å². The fourth-order valence-corrected chi connectivity index (χ4v) is 2.63. The number of carboxylic acid groups (broad SMARTS) is 2. The zero-order valence-electron chi connectivity index (χ0n) is 14.5. The molecule has 0 aliphatic rings. The number of rotatable bonds is 9. The smallest absolute Gasteiger partial charge is 0.310 e. The summed E-state index contributed by atoms with van der Waals surface area (Å²) < 4.78 is 5.09. The molecule has 0 unspecified atom stereocenters. The highest BCUT2D eigenvalue weighted by Gasteiger charge is 2.19. The maximum absolute atomic E-state index is 11.5. The average Bonchev–Trinajstić information content (AvgIpc) is 2.64. The Morgan fingerprint density at radius 1 is 0.846 bits per heavy atom. The van der Waals surface area contributed by atoms with Crippen molar-refractivity contribution >= 4 is 11.9 Å². The second-order valence-corrected chi connectivity index (χ2v) is 6.02. The third-order valence-corrected chi connectivity index (χ3v) is 4.12. The van der Waals surface area contributed by atoms with E-state index in [2.05, 4.69) is 0 Å². The molecule has 0 aromatic heterocycles. The molecule has 0 heterocycles. The number of hydrogen-bond donors (Lipinski definition) is 2. The van der Waals surface area contributed by atoms with Crippen molar-refractivity contribution in [2.45, 2.75) is 12.8 Å². The number of hydrogen-bond acceptors (Lipinski definition) is 3. The van der Waals surface area contributed by atoms with E-state index in [0.29, 0.717) is 12.2 Å². The first-order valence-corrected chi connectivity index (χ1v) is 8.30. The highest BCUT2D eigenvalue weighted by molar-refractivity contribution is 5.75. The van der Waals surface area contributed by atoms with Gasteiger partial charge in [-0.25, -0.2) is 0 Å². The van der Waals surface area contributed by atoms with Crippen molar-refractivity contribution in [3.8, 4) is 5.75 Å². The minimum Gasteiger partial charge on any atom is -0.497 e. The summed E-state index contributed by atoms with van der Waals surface area (Å²) >= 11 is 0. The Kier molecular flexibility index (Phi) is 6.97. The van der Waals surface area contributed by atoms with Gasteiger partial charge in [0.2, 0.25) is 0 Å². The van der Waals surface area contributed by atoms with E-state index in [1.807, 2.05) is 30.3 Å².